The van der Waals surface area contributed by atoms with Crippen LogP contribution in [0.5, 0.6) is 0 Å². The predicted octanol–water partition coefficient (Wildman–Crippen LogP) is 1.26. The molecule has 9 nitrogen and oxygen atoms in total. The molecule has 1 aliphatic carbocycles. The molecule has 0 radical (unpaired) electrons. The van der Waals surface area contributed by atoms with Crippen molar-refractivity contribution in [3.63, 3.8) is 0 Å². The topological polar surface area (TPSA) is 101 Å². The molecule has 3 heterocycles. The molecule has 0 aromatic carbocycles. The lowest BCUT2D eigenvalue weighted by Gasteiger charge is -2.26. The molecule has 4 rings (SSSR count). The minimum absolute atomic E-state index is 0.0262. The van der Waals surface area contributed by atoms with Crippen LogP contribution in [0.1, 0.15) is 55.6 Å². The lowest BCUT2D eigenvalue weighted by molar-refractivity contribution is -0.131. The van der Waals surface area contributed by atoms with E-state index >= 15 is 0 Å². The molecule has 1 saturated carbocycles. The number of carbonyl (C=O) groups is 1. The Hall–Kier alpha value is -2.29. The van der Waals surface area contributed by atoms with Crippen molar-refractivity contribution in [1.82, 2.24) is 30.1 Å². The maximum atomic E-state index is 12.1. The molecule has 2 aromatic heterocycles. The van der Waals surface area contributed by atoms with E-state index < -0.39 is 0 Å². The average Bonchev–Trinajstić information content (AvgIpc) is 2.95. The van der Waals surface area contributed by atoms with E-state index in [1.165, 1.54) is 0 Å². The van der Waals surface area contributed by atoms with Crippen LogP contribution < -0.4 is 0 Å². The highest BCUT2D eigenvalue weighted by Gasteiger charge is 2.33. The molecule has 0 bridgehead atoms. The maximum Gasteiger partial charge on any atom is 0.230 e. The van der Waals surface area contributed by atoms with Gasteiger partial charge >= 0.3 is 0 Å². The van der Waals surface area contributed by atoms with Gasteiger partial charge in [0.15, 0.2) is 5.82 Å². The first-order valence-electron chi connectivity index (χ1n) is 8.69. The zero-order chi connectivity index (χ0) is 17.4. The largest absolute Gasteiger partial charge is 0.424 e. The molecule has 2 aliphatic rings. The second-order valence-corrected chi connectivity index (χ2v) is 6.86. The van der Waals surface area contributed by atoms with Gasteiger partial charge in [0.1, 0.15) is 0 Å². The normalized spacial score (nSPS) is 21.0. The number of likely N-dealkylation sites (tertiary alicyclic amines) is 1. The fourth-order valence-corrected chi connectivity index (χ4v) is 3.28. The highest BCUT2D eigenvalue weighted by Crippen LogP contribution is 2.38. The van der Waals surface area contributed by atoms with Crippen molar-refractivity contribution in [1.29, 1.82) is 0 Å². The SMILES string of the molecule is CC(=O)N(Cc1noc(C2CC2)n1)[C@@H]1CCN(Cc2nnc(C)o2)C1. The predicted molar refractivity (Wildman–Crippen MR) is 85.2 cm³/mol. The van der Waals surface area contributed by atoms with Crippen LogP contribution in [0.2, 0.25) is 0 Å². The Kier molecular flexibility index (Phi) is 4.24. The van der Waals surface area contributed by atoms with E-state index in [2.05, 4.69) is 25.2 Å². The van der Waals surface area contributed by atoms with E-state index in [1.807, 2.05) is 4.90 Å². The number of hydrogen-bond donors (Lipinski definition) is 0. The summed E-state index contributed by atoms with van der Waals surface area (Å²) in [6.45, 7) is 6.03. The zero-order valence-electron chi connectivity index (χ0n) is 14.5. The fraction of sp³-hybridized carbons (Fsp3) is 0.688. The van der Waals surface area contributed by atoms with E-state index in [4.69, 9.17) is 8.94 Å². The third-order valence-corrected chi connectivity index (χ3v) is 4.74. The van der Waals surface area contributed by atoms with Gasteiger partial charge in [-0.1, -0.05) is 5.16 Å². The van der Waals surface area contributed by atoms with Gasteiger partial charge in [-0.2, -0.15) is 4.98 Å². The smallest absolute Gasteiger partial charge is 0.230 e. The number of aryl methyl sites for hydroxylation is 1. The highest BCUT2D eigenvalue weighted by atomic mass is 16.5. The Morgan fingerprint density at radius 3 is 2.84 bits per heavy atom. The molecule has 1 atom stereocenters. The van der Waals surface area contributed by atoms with Gasteiger partial charge in [-0.25, -0.2) is 0 Å². The minimum Gasteiger partial charge on any atom is -0.424 e. The van der Waals surface area contributed by atoms with Crippen LogP contribution in [0.4, 0.5) is 0 Å². The Morgan fingerprint density at radius 1 is 1.32 bits per heavy atom. The Balaban J connectivity index is 1.37. The molecule has 134 valence electrons. The van der Waals surface area contributed by atoms with Crippen molar-refractivity contribution in [3.05, 3.63) is 23.5 Å². The van der Waals surface area contributed by atoms with E-state index in [-0.39, 0.29) is 11.9 Å². The first kappa shape index (κ1) is 16.2. The third-order valence-electron chi connectivity index (χ3n) is 4.74. The van der Waals surface area contributed by atoms with E-state index in [0.717, 1.165) is 32.4 Å². The van der Waals surface area contributed by atoms with Crippen LogP contribution in [-0.2, 0) is 17.9 Å². The highest BCUT2D eigenvalue weighted by molar-refractivity contribution is 5.73. The lowest BCUT2D eigenvalue weighted by Crippen LogP contribution is -2.40. The lowest BCUT2D eigenvalue weighted by atomic mass is 10.2. The standard InChI is InChI=1S/C16H22N6O3/c1-10-18-19-15(24-10)9-21-6-5-13(7-21)22(11(2)23)8-14-17-16(25-20-14)12-3-4-12/h12-13H,3-9H2,1-2H3/t13-/m1/s1. The number of carbonyl (C=O) groups excluding carboxylic acids is 1. The number of nitrogens with zero attached hydrogens (tertiary/aromatic N) is 6. The number of aromatic nitrogens is 4. The number of rotatable bonds is 6. The second kappa shape index (κ2) is 6.55. The summed E-state index contributed by atoms with van der Waals surface area (Å²) in [5.74, 6) is 2.92. The summed E-state index contributed by atoms with van der Waals surface area (Å²) in [5, 5.41) is 11.9. The van der Waals surface area contributed by atoms with Crippen molar-refractivity contribution in [2.24, 2.45) is 0 Å². The van der Waals surface area contributed by atoms with Crippen molar-refractivity contribution >= 4 is 5.91 Å². The summed E-state index contributed by atoms with van der Waals surface area (Å²) in [6.07, 6.45) is 3.13. The molecule has 0 N–H and O–H groups in total. The van der Waals surface area contributed by atoms with Gasteiger partial charge in [-0.05, 0) is 19.3 Å². The summed E-state index contributed by atoms with van der Waals surface area (Å²) in [6, 6.07) is 0.129. The van der Waals surface area contributed by atoms with Crippen LogP contribution in [0.3, 0.4) is 0 Å². The summed E-state index contributed by atoms with van der Waals surface area (Å²) < 4.78 is 10.7. The van der Waals surface area contributed by atoms with Gasteiger partial charge < -0.3 is 13.8 Å². The Morgan fingerprint density at radius 2 is 2.16 bits per heavy atom. The summed E-state index contributed by atoms with van der Waals surface area (Å²) in [7, 11) is 0. The van der Waals surface area contributed by atoms with Crippen LogP contribution in [0, 0.1) is 6.92 Å². The molecule has 2 fully saturated rings. The molecule has 1 saturated heterocycles. The van der Waals surface area contributed by atoms with E-state index in [1.54, 1.807) is 13.8 Å². The van der Waals surface area contributed by atoms with Crippen molar-refractivity contribution < 1.29 is 13.7 Å². The van der Waals surface area contributed by atoms with Crippen LogP contribution in [0.15, 0.2) is 8.94 Å². The molecule has 9 heteroatoms. The minimum atomic E-state index is 0.0262. The molecular weight excluding hydrogens is 324 g/mol. The van der Waals surface area contributed by atoms with Gasteiger partial charge in [0.2, 0.25) is 23.6 Å². The van der Waals surface area contributed by atoms with Crippen LogP contribution in [0.25, 0.3) is 0 Å². The first-order chi connectivity index (χ1) is 12.1. The fourth-order valence-electron chi connectivity index (χ4n) is 3.28. The molecule has 1 amide bonds. The van der Waals surface area contributed by atoms with Crippen molar-refractivity contribution in [2.75, 3.05) is 13.1 Å². The average molecular weight is 346 g/mol. The first-order valence-corrected chi connectivity index (χ1v) is 8.69. The Labute approximate surface area is 145 Å². The van der Waals surface area contributed by atoms with Gasteiger partial charge in [0, 0.05) is 38.9 Å². The molecule has 2 aromatic rings. The maximum absolute atomic E-state index is 12.1. The molecular formula is C16H22N6O3. The molecule has 25 heavy (non-hydrogen) atoms. The van der Waals surface area contributed by atoms with Gasteiger partial charge in [-0.15, -0.1) is 10.2 Å². The van der Waals surface area contributed by atoms with Gasteiger partial charge in [-0.3, -0.25) is 9.69 Å². The summed E-state index contributed by atoms with van der Waals surface area (Å²) in [4.78, 5) is 20.6. The summed E-state index contributed by atoms with van der Waals surface area (Å²) >= 11 is 0. The van der Waals surface area contributed by atoms with Gasteiger partial charge in [0.05, 0.1) is 13.1 Å². The van der Waals surface area contributed by atoms with Gasteiger partial charge in [0.25, 0.3) is 0 Å². The number of amides is 1. The second-order valence-electron chi connectivity index (χ2n) is 6.86. The zero-order valence-corrected chi connectivity index (χ0v) is 14.5. The molecule has 0 unspecified atom stereocenters. The third kappa shape index (κ3) is 3.71. The van der Waals surface area contributed by atoms with Crippen molar-refractivity contribution in [2.45, 2.75) is 58.2 Å². The quantitative estimate of drug-likeness (QED) is 0.770. The van der Waals surface area contributed by atoms with Crippen LogP contribution >= 0.6 is 0 Å². The van der Waals surface area contributed by atoms with Crippen LogP contribution in [-0.4, -0.2) is 55.2 Å². The monoisotopic (exact) mass is 346 g/mol. The Bertz CT molecular complexity index is 753. The van der Waals surface area contributed by atoms with E-state index in [0.29, 0.717) is 42.5 Å². The molecule has 1 aliphatic heterocycles. The van der Waals surface area contributed by atoms with E-state index in [9.17, 15) is 4.79 Å². The van der Waals surface area contributed by atoms with Crippen molar-refractivity contribution in [3.8, 4) is 0 Å². The summed E-state index contributed by atoms with van der Waals surface area (Å²) in [5.41, 5.74) is 0. The molecule has 0 spiro atoms. The number of hydrogen-bond acceptors (Lipinski definition) is 8.